The number of rotatable bonds is 4. The average Bonchev–Trinajstić information content (AvgIpc) is 2.23. The van der Waals surface area contributed by atoms with Crippen LogP contribution in [0.5, 0.6) is 0 Å². The van der Waals surface area contributed by atoms with E-state index in [1.54, 1.807) is 0 Å². The lowest BCUT2D eigenvalue weighted by molar-refractivity contribution is 0.274. The molecule has 17 heavy (non-hydrogen) atoms. The Hall–Kier alpha value is -1.36. The van der Waals surface area contributed by atoms with Crippen molar-refractivity contribution in [2.24, 2.45) is 17.2 Å². The van der Waals surface area contributed by atoms with Crippen molar-refractivity contribution in [1.82, 2.24) is 9.97 Å². The number of aromatic nitrogens is 2. The van der Waals surface area contributed by atoms with Crippen molar-refractivity contribution in [2.45, 2.75) is 34.6 Å². The second kappa shape index (κ2) is 5.31. The fourth-order valence-corrected chi connectivity index (χ4v) is 1.29. The molecule has 4 N–H and O–H groups in total. The number of hydrazine groups is 1. The van der Waals surface area contributed by atoms with Crippen molar-refractivity contribution in [3.8, 4) is 0 Å². The SMILES string of the molecule is Cc1cc(NCC(C)C(C)(C)C)nc(NN)n1. The largest absolute Gasteiger partial charge is 0.370 e. The Morgan fingerprint density at radius 3 is 2.53 bits per heavy atom. The summed E-state index contributed by atoms with van der Waals surface area (Å²) in [5.74, 6) is 7.11. The Morgan fingerprint density at radius 2 is 2.00 bits per heavy atom. The maximum absolute atomic E-state index is 5.31. The zero-order valence-corrected chi connectivity index (χ0v) is 11.3. The van der Waals surface area contributed by atoms with Crippen LogP contribution in [0.3, 0.4) is 0 Å². The molecule has 0 saturated carbocycles. The van der Waals surface area contributed by atoms with E-state index in [1.807, 2.05) is 13.0 Å². The highest BCUT2D eigenvalue weighted by Gasteiger charge is 2.19. The lowest BCUT2D eigenvalue weighted by Gasteiger charge is -2.27. The van der Waals surface area contributed by atoms with Crippen LogP contribution in [-0.2, 0) is 0 Å². The van der Waals surface area contributed by atoms with Gasteiger partial charge in [0.15, 0.2) is 0 Å². The smallest absolute Gasteiger partial charge is 0.239 e. The normalized spacial score (nSPS) is 13.3. The number of anilines is 2. The van der Waals surface area contributed by atoms with Gasteiger partial charge in [-0.2, -0.15) is 4.98 Å². The van der Waals surface area contributed by atoms with E-state index in [1.165, 1.54) is 0 Å². The standard InChI is InChI=1S/C12H23N5/c1-8(12(3,4)5)7-14-10-6-9(2)15-11(16-10)17-13/h6,8H,7,13H2,1-5H3,(H2,14,15,16,17). The van der Waals surface area contributed by atoms with E-state index in [2.05, 4.69) is 48.4 Å². The van der Waals surface area contributed by atoms with Gasteiger partial charge < -0.3 is 5.32 Å². The van der Waals surface area contributed by atoms with E-state index in [9.17, 15) is 0 Å². The molecule has 5 nitrogen and oxygen atoms in total. The van der Waals surface area contributed by atoms with E-state index in [0.717, 1.165) is 18.1 Å². The Bertz CT molecular complexity index is 370. The van der Waals surface area contributed by atoms with Crippen LogP contribution in [0.1, 0.15) is 33.4 Å². The van der Waals surface area contributed by atoms with Gasteiger partial charge in [-0.05, 0) is 18.3 Å². The molecule has 1 atom stereocenters. The van der Waals surface area contributed by atoms with E-state index in [0.29, 0.717) is 11.9 Å². The van der Waals surface area contributed by atoms with E-state index in [4.69, 9.17) is 5.84 Å². The molecule has 1 rings (SSSR count). The summed E-state index contributed by atoms with van der Waals surface area (Å²) in [4.78, 5) is 8.39. The molecule has 0 spiro atoms. The first kappa shape index (κ1) is 13.7. The van der Waals surface area contributed by atoms with Crippen molar-refractivity contribution in [3.63, 3.8) is 0 Å². The molecule has 0 aliphatic carbocycles. The molecule has 0 aromatic carbocycles. The van der Waals surface area contributed by atoms with E-state index in [-0.39, 0.29) is 5.41 Å². The van der Waals surface area contributed by atoms with Crippen molar-refractivity contribution in [3.05, 3.63) is 11.8 Å². The monoisotopic (exact) mass is 237 g/mol. The molecule has 0 fully saturated rings. The summed E-state index contributed by atoms with van der Waals surface area (Å²) in [6.45, 7) is 11.7. The molecular formula is C12H23N5. The van der Waals surface area contributed by atoms with Gasteiger partial charge in [-0.25, -0.2) is 10.8 Å². The third kappa shape index (κ3) is 4.19. The van der Waals surface area contributed by atoms with Crippen LogP contribution in [-0.4, -0.2) is 16.5 Å². The van der Waals surface area contributed by atoms with Crippen molar-refractivity contribution >= 4 is 11.8 Å². The third-order valence-corrected chi connectivity index (χ3v) is 3.05. The Labute approximate surface area is 103 Å². The maximum atomic E-state index is 5.31. The summed E-state index contributed by atoms with van der Waals surface area (Å²) in [5.41, 5.74) is 3.63. The molecule has 0 amide bonds. The number of hydrogen-bond donors (Lipinski definition) is 3. The molecule has 0 bridgehead atoms. The number of aryl methyl sites for hydroxylation is 1. The average molecular weight is 237 g/mol. The lowest BCUT2D eigenvalue weighted by Crippen LogP contribution is -2.25. The summed E-state index contributed by atoms with van der Waals surface area (Å²) < 4.78 is 0. The zero-order chi connectivity index (χ0) is 13.1. The molecule has 1 unspecified atom stereocenters. The summed E-state index contributed by atoms with van der Waals surface area (Å²) >= 11 is 0. The quantitative estimate of drug-likeness (QED) is 0.552. The number of nitrogens with zero attached hydrogens (tertiary/aromatic N) is 2. The fourth-order valence-electron chi connectivity index (χ4n) is 1.29. The van der Waals surface area contributed by atoms with Gasteiger partial charge in [0.1, 0.15) is 5.82 Å². The molecule has 5 heteroatoms. The summed E-state index contributed by atoms with van der Waals surface area (Å²) in [7, 11) is 0. The molecule has 1 aromatic rings. The van der Waals surface area contributed by atoms with Crippen LogP contribution in [0, 0.1) is 18.3 Å². The minimum absolute atomic E-state index is 0.282. The molecule has 0 radical (unpaired) electrons. The number of nitrogen functional groups attached to an aromatic ring is 1. The first-order valence-corrected chi connectivity index (χ1v) is 5.89. The molecule has 0 saturated heterocycles. The predicted octanol–water partition coefficient (Wildman–Crippen LogP) is 2.16. The van der Waals surface area contributed by atoms with Crippen LogP contribution >= 0.6 is 0 Å². The number of nitrogens with two attached hydrogens (primary N) is 1. The maximum Gasteiger partial charge on any atom is 0.239 e. The van der Waals surface area contributed by atoms with E-state index >= 15 is 0 Å². The first-order valence-electron chi connectivity index (χ1n) is 5.89. The van der Waals surface area contributed by atoms with Crippen molar-refractivity contribution < 1.29 is 0 Å². The summed E-state index contributed by atoms with van der Waals surface area (Å²) in [5, 5.41) is 3.32. The van der Waals surface area contributed by atoms with Crippen molar-refractivity contribution in [1.29, 1.82) is 0 Å². The van der Waals surface area contributed by atoms with Crippen LogP contribution in [0.25, 0.3) is 0 Å². The highest BCUT2D eigenvalue weighted by molar-refractivity contribution is 5.41. The van der Waals surface area contributed by atoms with Gasteiger partial charge in [-0.3, -0.25) is 5.43 Å². The Balaban J connectivity index is 2.66. The molecule has 1 aromatic heterocycles. The Morgan fingerprint density at radius 1 is 1.35 bits per heavy atom. The van der Waals surface area contributed by atoms with E-state index < -0.39 is 0 Å². The van der Waals surface area contributed by atoms with Gasteiger partial charge >= 0.3 is 0 Å². The van der Waals surface area contributed by atoms with Crippen LogP contribution in [0.15, 0.2) is 6.07 Å². The fraction of sp³-hybridized carbons (Fsp3) is 0.667. The molecule has 0 aliphatic heterocycles. The minimum atomic E-state index is 0.282. The predicted molar refractivity (Wildman–Crippen MR) is 71.7 cm³/mol. The van der Waals surface area contributed by atoms with Crippen LogP contribution < -0.4 is 16.6 Å². The van der Waals surface area contributed by atoms with Crippen molar-refractivity contribution in [2.75, 3.05) is 17.3 Å². The molecule has 0 aliphatic rings. The number of nitrogens with one attached hydrogen (secondary N) is 2. The van der Waals surface area contributed by atoms with Gasteiger partial charge in [0.05, 0.1) is 0 Å². The van der Waals surface area contributed by atoms with Gasteiger partial charge in [0, 0.05) is 18.3 Å². The molecule has 1 heterocycles. The Kier molecular flexibility index (Phi) is 4.28. The van der Waals surface area contributed by atoms with Crippen LogP contribution in [0.2, 0.25) is 0 Å². The minimum Gasteiger partial charge on any atom is -0.370 e. The zero-order valence-electron chi connectivity index (χ0n) is 11.3. The van der Waals surface area contributed by atoms with Gasteiger partial charge in [-0.1, -0.05) is 27.7 Å². The van der Waals surface area contributed by atoms with Gasteiger partial charge in [0.25, 0.3) is 0 Å². The highest BCUT2D eigenvalue weighted by atomic mass is 15.3. The number of hydrogen-bond acceptors (Lipinski definition) is 5. The summed E-state index contributed by atoms with van der Waals surface area (Å²) in [6, 6.07) is 1.91. The molecule has 96 valence electrons. The lowest BCUT2D eigenvalue weighted by atomic mass is 9.82. The highest BCUT2D eigenvalue weighted by Crippen LogP contribution is 2.25. The summed E-state index contributed by atoms with van der Waals surface area (Å²) in [6.07, 6.45) is 0. The molecular weight excluding hydrogens is 214 g/mol. The second-order valence-electron chi connectivity index (χ2n) is 5.51. The van der Waals surface area contributed by atoms with Crippen LogP contribution in [0.4, 0.5) is 11.8 Å². The van der Waals surface area contributed by atoms with Gasteiger partial charge in [-0.15, -0.1) is 0 Å². The third-order valence-electron chi connectivity index (χ3n) is 3.05. The second-order valence-corrected chi connectivity index (χ2v) is 5.51. The topological polar surface area (TPSA) is 75.9 Å². The first-order chi connectivity index (χ1) is 7.82. The van der Waals surface area contributed by atoms with Gasteiger partial charge in [0.2, 0.25) is 5.95 Å².